The van der Waals surface area contributed by atoms with Crippen LogP contribution in [0.1, 0.15) is 25.0 Å². The monoisotopic (exact) mass is 643 g/mol. The lowest BCUT2D eigenvalue weighted by Crippen LogP contribution is -2.49. The molecule has 1 atom stereocenters. The number of para-hydroxylation sites is 2. The Morgan fingerprint density at radius 3 is 2.17 bits per heavy atom. The highest BCUT2D eigenvalue weighted by Gasteiger charge is 2.51. The lowest BCUT2D eigenvalue weighted by atomic mass is 9.85. The summed E-state index contributed by atoms with van der Waals surface area (Å²) < 4.78 is 21.9. The summed E-state index contributed by atoms with van der Waals surface area (Å²) in [4.78, 5) is 21.7. The molecular formula is C37H45N3O5S. The van der Waals surface area contributed by atoms with Crippen LogP contribution in [0.2, 0.25) is 0 Å². The SMILES string of the molecule is COc1cc(CCN2CCN(CC#CCOc3ccccc3[C@@]3(C(C)C)Sc4ccccc4N(C)C3=O)CC2)cc(OC)c1OC. The van der Waals surface area contributed by atoms with E-state index < -0.39 is 4.75 Å². The van der Waals surface area contributed by atoms with Crippen LogP contribution in [0.15, 0.2) is 65.6 Å². The second-order valence-electron chi connectivity index (χ2n) is 11.9. The zero-order chi connectivity index (χ0) is 32.7. The lowest BCUT2D eigenvalue weighted by Gasteiger charge is -2.43. The minimum absolute atomic E-state index is 0.0390. The van der Waals surface area contributed by atoms with E-state index in [1.54, 1.807) is 38.0 Å². The fraction of sp³-hybridized carbons (Fsp3) is 0.432. The standard InChI is InChI=1S/C37H45N3O5S/c1-27(2)37(36(41)38(3)30-14-8-10-16-34(30)46-37)29-13-7-9-15-31(29)45-24-12-11-18-39-20-22-40(23-21-39)19-17-28-25-32(42-4)35(44-6)33(26-28)43-5/h7-10,13-16,25-27H,17-24H2,1-6H3/t37-/m1/s1. The van der Waals surface area contributed by atoms with Crippen molar-refractivity contribution in [1.82, 2.24) is 9.80 Å². The molecule has 2 aliphatic heterocycles. The highest BCUT2D eigenvalue weighted by atomic mass is 32.2. The van der Waals surface area contributed by atoms with Crippen molar-refractivity contribution < 1.29 is 23.7 Å². The number of anilines is 1. The number of likely N-dealkylation sites (N-methyl/N-ethyl adjacent to an activating group) is 1. The first-order chi connectivity index (χ1) is 22.3. The summed E-state index contributed by atoms with van der Waals surface area (Å²) in [5, 5.41) is 0. The van der Waals surface area contributed by atoms with Crippen molar-refractivity contribution in [3.63, 3.8) is 0 Å². The molecule has 3 aromatic carbocycles. The average Bonchev–Trinajstić information content (AvgIpc) is 3.08. The quantitative estimate of drug-likeness (QED) is 0.251. The molecule has 1 saturated heterocycles. The van der Waals surface area contributed by atoms with Crippen molar-refractivity contribution in [3.05, 3.63) is 71.8 Å². The predicted molar refractivity (Wildman–Crippen MR) is 185 cm³/mol. The number of fused-ring (bicyclic) bond motifs is 1. The fourth-order valence-corrected chi connectivity index (χ4v) is 7.75. The third-order valence-electron chi connectivity index (χ3n) is 8.85. The summed E-state index contributed by atoms with van der Waals surface area (Å²) in [6.45, 7) is 10.1. The third kappa shape index (κ3) is 6.95. The molecule has 2 heterocycles. The predicted octanol–water partition coefficient (Wildman–Crippen LogP) is 5.57. The van der Waals surface area contributed by atoms with E-state index in [0.717, 1.165) is 60.9 Å². The van der Waals surface area contributed by atoms with E-state index in [9.17, 15) is 4.79 Å². The van der Waals surface area contributed by atoms with E-state index in [1.165, 1.54) is 0 Å². The summed E-state index contributed by atoms with van der Waals surface area (Å²) in [5.74, 6) is 9.33. The van der Waals surface area contributed by atoms with E-state index in [-0.39, 0.29) is 18.4 Å². The van der Waals surface area contributed by atoms with Crippen LogP contribution in [0.3, 0.4) is 0 Å². The molecule has 0 saturated carbocycles. The summed E-state index contributed by atoms with van der Waals surface area (Å²) in [5.41, 5.74) is 3.00. The van der Waals surface area contributed by atoms with Gasteiger partial charge in [-0.15, -0.1) is 11.8 Å². The smallest absolute Gasteiger partial charge is 0.248 e. The van der Waals surface area contributed by atoms with Crippen LogP contribution in [-0.2, 0) is 16.0 Å². The van der Waals surface area contributed by atoms with Gasteiger partial charge < -0.3 is 28.7 Å². The Kier molecular flexibility index (Phi) is 11.1. The van der Waals surface area contributed by atoms with Crippen molar-refractivity contribution >= 4 is 23.4 Å². The first-order valence-electron chi connectivity index (χ1n) is 15.8. The molecule has 0 bridgehead atoms. The van der Waals surface area contributed by atoms with E-state index in [0.29, 0.717) is 29.5 Å². The summed E-state index contributed by atoms with van der Waals surface area (Å²) >= 11 is 1.63. The van der Waals surface area contributed by atoms with Crippen molar-refractivity contribution in [3.8, 4) is 34.8 Å². The number of thioether (sulfide) groups is 1. The highest BCUT2D eigenvalue weighted by Crippen LogP contribution is 2.56. The minimum atomic E-state index is -0.793. The third-order valence-corrected chi connectivity index (χ3v) is 10.6. The second-order valence-corrected chi connectivity index (χ2v) is 13.2. The van der Waals surface area contributed by atoms with Gasteiger partial charge in [-0.05, 0) is 48.2 Å². The van der Waals surface area contributed by atoms with Gasteiger partial charge in [-0.3, -0.25) is 9.69 Å². The van der Waals surface area contributed by atoms with Crippen LogP contribution < -0.4 is 23.8 Å². The number of rotatable bonds is 11. The van der Waals surface area contributed by atoms with E-state index in [2.05, 4.69) is 41.6 Å². The molecule has 1 amide bonds. The Morgan fingerprint density at radius 1 is 0.848 bits per heavy atom. The largest absolute Gasteiger partial charge is 0.493 e. The van der Waals surface area contributed by atoms with Gasteiger partial charge in [-0.25, -0.2) is 0 Å². The van der Waals surface area contributed by atoms with Gasteiger partial charge in [0, 0.05) is 50.2 Å². The van der Waals surface area contributed by atoms with Crippen LogP contribution in [0.4, 0.5) is 5.69 Å². The molecule has 0 N–H and O–H groups in total. The topological polar surface area (TPSA) is 63.7 Å². The van der Waals surface area contributed by atoms with Crippen LogP contribution in [0.25, 0.3) is 0 Å². The second kappa shape index (κ2) is 15.2. The van der Waals surface area contributed by atoms with Gasteiger partial charge >= 0.3 is 0 Å². The maximum atomic E-state index is 14.0. The molecule has 46 heavy (non-hydrogen) atoms. The molecule has 2 aliphatic rings. The van der Waals surface area contributed by atoms with Crippen molar-refractivity contribution in [2.45, 2.75) is 29.9 Å². The molecule has 0 aliphatic carbocycles. The van der Waals surface area contributed by atoms with E-state index in [1.807, 2.05) is 61.6 Å². The molecule has 8 nitrogen and oxygen atoms in total. The van der Waals surface area contributed by atoms with Gasteiger partial charge in [0.2, 0.25) is 11.7 Å². The Morgan fingerprint density at radius 2 is 1.50 bits per heavy atom. The van der Waals surface area contributed by atoms with Crippen LogP contribution in [0.5, 0.6) is 23.0 Å². The molecule has 0 unspecified atom stereocenters. The van der Waals surface area contributed by atoms with Crippen LogP contribution >= 0.6 is 11.8 Å². The van der Waals surface area contributed by atoms with Crippen molar-refractivity contribution in [2.75, 3.05) is 79.2 Å². The maximum Gasteiger partial charge on any atom is 0.248 e. The van der Waals surface area contributed by atoms with Crippen molar-refractivity contribution in [1.29, 1.82) is 0 Å². The van der Waals surface area contributed by atoms with Gasteiger partial charge in [-0.2, -0.15) is 0 Å². The first-order valence-corrected chi connectivity index (χ1v) is 16.6. The Hall–Kier alpha value is -3.84. The number of benzene rings is 3. The number of carbonyl (C=O) groups excluding carboxylic acids is 1. The minimum Gasteiger partial charge on any atom is -0.493 e. The van der Waals surface area contributed by atoms with Gasteiger partial charge in [0.15, 0.2) is 11.5 Å². The molecule has 0 radical (unpaired) electrons. The van der Waals surface area contributed by atoms with E-state index >= 15 is 0 Å². The average molecular weight is 644 g/mol. The normalized spacial score (nSPS) is 18.5. The van der Waals surface area contributed by atoms with Crippen molar-refractivity contribution in [2.24, 2.45) is 5.92 Å². The number of methoxy groups -OCH3 is 3. The fourth-order valence-electron chi connectivity index (χ4n) is 6.21. The van der Waals surface area contributed by atoms with Crippen LogP contribution in [0, 0.1) is 17.8 Å². The molecule has 9 heteroatoms. The molecule has 0 spiro atoms. The Balaban J connectivity index is 1.14. The van der Waals surface area contributed by atoms with Gasteiger partial charge in [0.1, 0.15) is 17.1 Å². The van der Waals surface area contributed by atoms with Crippen LogP contribution in [-0.4, -0.2) is 90.0 Å². The molecular weight excluding hydrogens is 598 g/mol. The number of piperazine rings is 1. The molecule has 3 aromatic rings. The number of hydrogen-bond donors (Lipinski definition) is 0. The summed E-state index contributed by atoms with van der Waals surface area (Å²) in [7, 11) is 6.78. The zero-order valence-electron chi connectivity index (χ0n) is 27.8. The number of carbonyl (C=O) groups is 1. The van der Waals surface area contributed by atoms with Gasteiger partial charge in [0.05, 0.1) is 33.6 Å². The zero-order valence-corrected chi connectivity index (χ0v) is 28.6. The first kappa shape index (κ1) is 33.5. The number of hydrogen-bond acceptors (Lipinski definition) is 8. The number of amides is 1. The van der Waals surface area contributed by atoms with Gasteiger partial charge in [0.25, 0.3) is 0 Å². The van der Waals surface area contributed by atoms with Gasteiger partial charge in [-0.1, -0.05) is 56.0 Å². The lowest BCUT2D eigenvalue weighted by molar-refractivity contribution is -0.122. The maximum absolute atomic E-state index is 14.0. The summed E-state index contributed by atoms with van der Waals surface area (Å²) in [6.07, 6.45) is 0.903. The molecule has 5 rings (SSSR count). The highest BCUT2D eigenvalue weighted by molar-refractivity contribution is 8.01. The Bertz CT molecular complexity index is 1550. The Labute approximate surface area is 277 Å². The molecule has 244 valence electrons. The summed E-state index contributed by atoms with van der Waals surface area (Å²) in [6, 6.07) is 20.1. The van der Waals surface area contributed by atoms with E-state index in [4.69, 9.17) is 18.9 Å². The number of ether oxygens (including phenoxy) is 4. The molecule has 1 fully saturated rings. The number of nitrogens with zero attached hydrogens (tertiary/aromatic N) is 3. The molecule has 0 aromatic heterocycles.